The largest absolute Gasteiger partial charge is 0.478 e. The van der Waals surface area contributed by atoms with E-state index >= 15 is 0 Å². The number of hydrogen-bond donors (Lipinski definition) is 1. The minimum absolute atomic E-state index is 0.378. The van der Waals surface area contributed by atoms with Crippen molar-refractivity contribution >= 4 is 5.69 Å². The van der Waals surface area contributed by atoms with E-state index in [0.29, 0.717) is 18.5 Å². The lowest BCUT2D eigenvalue weighted by molar-refractivity contribution is 0.327. The molecule has 1 aliphatic carbocycles. The molecule has 110 valence electrons. The molecule has 0 bridgehead atoms. The minimum Gasteiger partial charge on any atom is -0.478 e. The standard InChI is InChI=1S/C18H22N2O/c1-2-21-18-12-11-15(13-19-18)20-17-10-6-4-8-14-7-3-5-9-16(14)17/h3,5,7,9,11-13,17,20H,2,4,6,8,10H2,1H3. The monoisotopic (exact) mass is 282 g/mol. The number of nitrogens with zero attached hydrogens (tertiary/aromatic N) is 1. The first-order valence-electron chi connectivity index (χ1n) is 7.80. The van der Waals surface area contributed by atoms with E-state index in [1.807, 2.05) is 25.3 Å². The maximum atomic E-state index is 5.39. The summed E-state index contributed by atoms with van der Waals surface area (Å²) >= 11 is 0. The molecule has 1 N–H and O–H groups in total. The molecule has 0 saturated heterocycles. The second kappa shape index (κ2) is 6.61. The minimum atomic E-state index is 0.378. The number of anilines is 1. The van der Waals surface area contributed by atoms with Crippen LogP contribution in [0.3, 0.4) is 0 Å². The topological polar surface area (TPSA) is 34.1 Å². The molecule has 0 radical (unpaired) electrons. The van der Waals surface area contributed by atoms with E-state index in [1.165, 1.54) is 36.8 Å². The van der Waals surface area contributed by atoms with Crippen LogP contribution in [-0.4, -0.2) is 11.6 Å². The zero-order chi connectivity index (χ0) is 14.5. The van der Waals surface area contributed by atoms with Crippen molar-refractivity contribution in [2.75, 3.05) is 11.9 Å². The van der Waals surface area contributed by atoms with E-state index in [4.69, 9.17) is 4.74 Å². The fourth-order valence-electron chi connectivity index (χ4n) is 2.97. The number of ether oxygens (including phenoxy) is 1. The van der Waals surface area contributed by atoms with Crippen LogP contribution >= 0.6 is 0 Å². The zero-order valence-electron chi connectivity index (χ0n) is 12.5. The maximum Gasteiger partial charge on any atom is 0.213 e. The second-order valence-electron chi connectivity index (χ2n) is 5.46. The quantitative estimate of drug-likeness (QED) is 0.846. The lowest BCUT2D eigenvalue weighted by Gasteiger charge is -2.20. The highest BCUT2D eigenvalue weighted by Crippen LogP contribution is 2.31. The predicted molar refractivity (Wildman–Crippen MR) is 85.8 cm³/mol. The smallest absolute Gasteiger partial charge is 0.213 e. The lowest BCUT2D eigenvalue weighted by atomic mass is 9.99. The third kappa shape index (κ3) is 3.35. The Morgan fingerprint density at radius 2 is 2.10 bits per heavy atom. The summed E-state index contributed by atoms with van der Waals surface area (Å²) in [4.78, 5) is 4.33. The number of pyridine rings is 1. The number of aromatic nitrogens is 1. The van der Waals surface area contributed by atoms with Crippen molar-refractivity contribution < 1.29 is 4.74 Å². The van der Waals surface area contributed by atoms with Gasteiger partial charge in [-0.3, -0.25) is 0 Å². The molecule has 0 saturated carbocycles. The van der Waals surface area contributed by atoms with Crippen LogP contribution in [0.4, 0.5) is 5.69 Å². The Hall–Kier alpha value is -2.03. The van der Waals surface area contributed by atoms with Crippen molar-refractivity contribution in [3.8, 4) is 5.88 Å². The van der Waals surface area contributed by atoms with Gasteiger partial charge in [-0.1, -0.05) is 30.7 Å². The average molecular weight is 282 g/mol. The summed E-state index contributed by atoms with van der Waals surface area (Å²) in [5.74, 6) is 0.685. The summed E-state index contributed by atoms with van der Waals surface area (Å²) in [6.07, 6.45) is 6.76. The Bertz CT molecular complexity index is 580. The van der Waals surface area contributed by atoms with E-state index < -0.39 is 0 Å². The average Bonchev–Trinajstić information content (AvgIpc) is 2.72. The molecule has 21 heavy (non-hydrogen) atoms. The molecule has 0 spiro atoms. The number of fused-ring (bicyclic) bond motifs is 1. The molecule has 1 heterocycles. The molecule has 1 aromatic heterocycles. The van der Waals surface area contributed by atoms with Crippen LogP contribution in [0.1, 0.15) is 43.4 Å². The summed E-state index contributed by atoms with van der Waals surface area (Å²) < 4.78 is 5.39. The summed E-state index contributed by atoms with van der Waals surface area (Å²) in [6, 6.07) is 13.1. The van der Waals surface area contributed by atoms with Crippen LogP contribution in [0.25, 0.3) is 0 Å². The summed E-state index contributed by atoms with van der Waals surface area (Å²) in [5, 5.41) is 3.63. The summed E-state index contributed by atoms with van der Waals surface area (Å²) in [6.45, 7) is 2.62. The SMILES string of the molecule is CCOc1ccc(NC2CCCCc3ccccc32)cn1. The third-order valence-electron chi connectivity index (χ3n) is 3.99. The highest BCUT2D eigenvalue weighted by molar-refractivity contribution is 5.46. The Balaban J connectivity index is 1.77. The van der Waals surface area contributed by atoms with Gasteiger partial charge in [0.2, 0.25) is 5.88 Å². The van der Waals surface area contributed by atoms with Crippen molar-refractivity contribution in [1.82, 2.24) is 4.98 Å². The Morgan fingerprint density at radius 3 is 2.90 bits per heavy atom. The van der Waals surface area contributed by atoms with E-state index in [0.717, 1.165) is 5.69 Å². The fraction of sp³-hybridized carbons (Fsp3) is 0.389. The van der Waals surface area contributed by atoms with E-state index in [-0.39, 0.29) is 0 Å². The van der Waals surface area contributed by atoms with Gasteiger partial charge in [0.15, 0.2) is 0 Å². The van der Waals surface area contributed by atoms with Crippen molar-refractivity contribution in [1.29, 1.82) is 0 Å². The van der Waals surface area contributed by atoms with E-state index in [2.05, 4.69) is 34.6 Å². The van der Waals surface area contributed by atoms with Crippen LogP contribution in [0.5, 0.6) is 5.88 Å². The molecule has 1 aromatic carbocycles. The molecule has 3 nitrogen and oxygen atoms in total. The Morgan fingerprint density at radius 1 is 1.19 bits per heavy atom. The van der Waals surface area contributed by atoms with Crippen LogP contribution in [-0.2, 0) is 6.42 Å². The van der Waals surface area contributed by atoms with Crippen molar-refractivity contribution in [2.24, 2.45) is 0 Å². The zero-order valence-corrected chi connectivity index (χ0v) is 12.5. The van der Waals surface area contributed by atoms with Crippen LogP contribution in [0, 0.1) is 0 Å². The summed E-state index contributed by atoms with van der Waals surface area (Å²) in [7, 11) is 0. The molecule has 3 heteroatoms. The third-order valence-corrected chi connectivity index (χ3v) is 3.99. The first kappa shape index (κ1) is 13.9. The van der Waals surface area contributed by atoms with Crippen molar-refractivity contribution in [3.05, 3.63) is 53.7 Å². The van der Waals surface area contributed by atoms with Crippen LogP contribution in [0.15, 0.2) is 42.6 Å². The van der Waals surface area contributed by atoms with Gasteiger partial charge in [-0.15, -0.1) is 0 Å². The molecule has 1 atom stereocenters. The summed E-state index contributed by atoms with van der Waals surface area (Å²) in [5.41, 5.74) is 3.97. The second-order valence-corrected chi connectivity index (χ2v) is 5.46. The van der Waals surface area contributed by atoms with Gasteiger partial charge < -0.3 is 10.1 Å². The molecular formula is C18H22N2O. The van der Waals surface area contributed by atoms with Gasteiger partial charge in [0, 0.05) is 6.07 Å². The molecule has 0 fully saturated rings. The molecule has 0 amide bonds. The first-order valence-corrected chi connectivity index (χ1v) is 7.80. The highest BCUT2D eigenvalue weighted by atomic mass is 16.5. The molecule has 2 aromatic rings. The molecule has 1 aliphatic rings. The van der Waals surface area contributed by atoms with Crippen molar-refractivity contribution in [3.63, 3.8) is 0 Å². The van der Waals surface area contributed by atoms with Gasteiger partial charge in [0.1, 0.15) is 0 Å². The van der Waals surface area contributed by atoms with Gasteiger partial charge in [-0.25, -0.2) is 4.98 Å². The highest BCUT2D eigenvalue weighted by Gasteiger charge is 2.18. The van der Waals surface area contributed by atoms with Gasteiger partial charge >= 0.3 is 0 Å². The van der Waals surface area contributed by atoms with Gasteiger partial charge in [0.05, 0.1) is 24.5 Å². The molecule has 1 unspecified atom stereocenters. The van der Waals surface area contributed by atoms with Gasteiger partial charge in [0.25, 0.3) is 0 Å². The molecule has 0 aliphatic heterocycles. The van der Waals surface area contributed by atoms with E-state index in [1.54, 1.807) is 0 Å². The fourth-order valence-corrected chi connectivity index (χ4v) is 2.97. The number of benzene rings is 1. The molecule has 3 rings (SSSR count). The normalized spacial score (nSPS) is 17.7. The Kier molecular flexibility index (Phi) is 4.39. The first-order chi connectivity index (χ1) is 10.4. The van der Waals surface area contributed by atoms with Crippen LogP contribution < -0.4 is 10.1 Å². The lowest BCUT2D eigenvalue weighted by Crippen LogP contribution is -2.11. The number of rotatable bonds is 4. The van der Waals surface area contributed by atoms with Gasteiger partial charge in [-0.2, -0.15) is 0 Å². The number of aryl methyl sites for hydroxylation is 1. The number of hydrogen-bond acceptors (Lipinski definition) is 3. The maximum absolute atomic E-state index is 5.39. The van der Waals surface area contributed by atoms with E-state index in [9.17, 15) is 0 Å². The Labute approximate surface area is 126 Å². The predicted octanol–water partition coefficient (Wildman–Crippen LogP) is 4.36. The number of nitrogens with one attached hydrogen (secondary N) is 1. The van der Waals surface area contributed by atoms with Crippen LogP contribution in [0.2, 0.25) is 0 Å². The molecular weight excluding hydrogens is 260 g/mol. The van der Waals surface area contributed by atoms with Gasteiger partial charge in [-0.05, 0) is 43.4 Å². The van der Waals surface area contributed by atoms with Crippen molar-refractivity contribution in [2.45, 2.75) is 38.6 Å².